The maximum absolute atomic E-state index is 13.0. The van der Waals surface area contributed by atoms with Crippen LogP contribution in [0.3, 0.4) is 0 Å². The molecule has 0 aliphatic carbocycles. The smallest absolute Gasteiger partial charge is 0.462 e. The minimum Gasteiger partial charge on any atom is -0.462 e. The van der Waals surface area contributed by atoms with E-state index in [4.69, 9.17) is 37.0 Å². The van der Waals surface area contributed by atoms with Crippen LogP contribution < -0.4 is 0 Å². The summed E-state index contributed by atoms with van der Waals surface area (Å²) in [7, 11) is -9.89. The Labute approximate surface area is 517 Å². The average molecular weight is 1260 g/mol. The number of unbranched alkanes of at least 4 members (excludes halogenated alkanes) is 32. The fourth-order valence-electron chi connectivity index (χ4n) is 9.83. The maximum atomic E-state index is 13.0. The monoisotopic (exact) mass is 1250 g/mol. The number of ether oxygens (including phenoxy) is 4. The van der Waals surface area contributed by atoms with Crippen LogP contribution in [0.15, 0.2) is 0 Å². The first-order valence-electron chi connectivity index (χ1n) is 34.3. The summed E-state index contributed by atoms with van der Waals surface area (Å²) in [5.74, 6) is 0.0828. The van der Waals surface area contributed by atoms with Gasteiger partial charge in [-0.25, -0.2) is 9.13 Å². The molecule has 0 radical (unpaired) electrons. The Bertz CT molecular complexity index is 1680. The van der Waals surface area contributed by atoms with Crippen LogP contribution >= 0.6 is 15.6 Å². The second-order valence-corrected chi connectivity index (χ2v) is 28.2. The summed E-state index contributed by atoms with van der Waals surface area (Å²) in [6.45, 7) is 11.7. The number of rotatable bonds is 64. The molecular formula is C66H128O17P2. The molecular weight excluding hydrogens is 1130 g/mol. The summed E-state index contributed by atoms with van der Waals surface area (Å²) in [6, 6.07) is 0. The van der Waals surface area contributed by atoms with Crippen LogP contribution in [-0.2, 0) is 65.4 Å². The number of phosphoric ester groups is 2. The summed E-state index contributed by atoms with van der Waals surface area (Å²) in [6.07, 6.45) is 38.9. The van der Waals surface area contributed by atoms with Crippen LogP contribution in [0.4, 0.5) is 0 Å². The van der Waals surface area contributed by atoms with Gasteiger partial charge in [0.15, 0.2) is 12.2 Å². The van der Waals surface area contributed by atoms with Crippen molar-refractivity contribution < 1.29 is 80.2 Å². The van der Waals surface area contributed by atoms with Crippen LogP contribution in [0.25, 0.3) is 0 Å². The molecule has 0 aromatic carbocycles. The summed E-state index contributed by atoms with van der Waals surface area (Å²) >= 11 is 0. The van der Waals surface area contributed by atoms with Crippen molar-refractivity contribution in [2.24, 2.45) is 17.8 Å². The van der Waals surface area contributed by atoms with Gasteiger partial charge in [0.05, 0.1) is 26.4 Å². The van der Waals surface area contributed by atoms with Crippen LogP contribution in [0.2, 0.25) is 0 Å². The minimum atomic E-state index is -4.95. The molecule has 0 aromatic heterocycles. The average Bonchev–Trinajstić information content (AvgIpc) is 3.48. The Morgan fingerprint density at radius 3 is 0.800 bits per heavy atom. The Morgan fingerprint density at radius 1 is 0.318 bits per heavy atom. The zero-order valence-corrected chi connectivity index (χ0v) is 56.9. The number of carbonyl (C=O) groups excluding carboxylic acids is 4. The van der Waals surface area contributed by atoms with Crippen LogP contribution in [0.1, 0.15) is 325 Å². The molecule has 0 bridgehead atoms. The molecule has 5 atom stereocenters. The number of hydrogen-bond donors (Lipinski definition) is 3. The van der Waals surface area contributed by atoms with E-state index < -0.39 is 97.5 Å². The minimum absolute atomic E-state index is 0.104. The lowest BCUT2D eigenvalue weighted by atomic mass is 10.0. The molecule has 17 nitrogen and oxygen atoms in total. The molecule has 0 fully saturated rings. The van der Waals surface area contributed by atoms with E-state index in [-0.39, 0.29) is 25.7 Å². The van der Waals surface area contributed by atoms with E-state index in [1.54, 1.807) is 0 Å². The summed E-state index contributed by atoms with van der Waals surface area (Å²) < 4.78 is 68.1. The molecule has 0 rings (SSSR count). The predicted molar refractivity (Wildman–Crippen MR) is 340 cm³/mol. The lowest BCUT2D eigenvalue weighted by Gasteiger charge is -2.21. The van der Waals surface area contributed by atoms with E-state index in [2.05, 4.69) is 48.5 Å². The third kappa shape index (κ3) is 60.7. The van der Waals surface area contributed by atoms with Gasteiger partial charge in [-0.1, -0.05) is 273 Å². The predicted octanol–water partition coefficient (Wildman–Crippen LogP) is 18.3. The van der Waals surface area contributed by atoms with E-state index in [9.17, 15) is 43.2 Å². The van der Waals surface area contributed by atoms with Gasteiger partial charge in [0.1, 0.15) is 19.3 Å². The van der Waals surface area contributed by atoms with Crippen LogP contribution in [0, 0.1) is 17.8 Å². The standard InChI is InChI=1S/C66H128O17P2/c1-8-9-10-11-12-16-26-33-40-47-63(68)76-53-61(82-65(70)49-42-35-28-21-14-18-24-31-38-45-58(4)5)55-80-84(72,73)78-51-60(67)52-79-85(74,75)81-56-62(83-66(71)50-43-36-29-22-15-19-25-32-39-46-59(6)7)54-77-64(69)48-41-34-27-20-13-17-23-30-37-44-57(2)3/h57-62,67H,8-56H2,1-7H3,(H,72,73)(H,74,75)/t60-,61+,62+/m0/s1. The van der Waals surface area contributed by atoms with Gasteiger partial charge in [0.25, 0.3) is 0 Å². The Morgan fingerprint density at radius 2 is 0.541 bits per heavy atom. The molecule has 0 aliphatic rings. The highest BCUT2D eigenvalue weighted by Gasteiger charge is 2.30. The second kappa shape index (κ2) is 57.2. The number of aliphatic hydroxyl groups excluding tert-OH is 1. The topological polar surface area (TPSA) is 237 Å². The van der Waals surface area contributed by atoms with Gasteiger partial charge in [-0.2, -0.15) is 0 Å². The van der Waals surface area contributed by atoms with Gasteiger partial charge in [0, 0.05) is 25.7 Å². The van der Waals surface area contributed by atoms with E-state index >= 15 is 0 Å². The van der Waals surface area contributed by atoms with Crippen LogP contribution in [0.5, 0.6) is 0 Å². The van der Waals surface area contributed by atoms with Crippen LogP contribution in [-0.4, -0.2) is 96.7 Å². The highest BCUT2D eigenvalue weighted by molar-refractivity contribution is 7.47. The number of phosphoric acid groups is 2. The third-order valence-corrected chi connectivity index (χ3v) is 17.0. The zero-order chi connectivity index (χ0) is 63.1. The first-order valence-corrected chi connectivity index (χ1v) is 37.3. The van der Waals surface area contributed by atoms with E-state index in [0.717, 1.165) is 108 Å². The van der Waals surface area contributed by atoms with E-state index in [1.807, 2.05) is 0 Å². The largest absolute Gasteiger partial charge is 0.472 e. The molecule has 0 amide bonds. The molecule has 504 valence electrons. The van der Waals surface area contributed by atoms with Gasteiger partial charge in [-0.05, 0) is 43.4 Å². The molecule has 2 unspecified atom stereocenters. The third-order valence-electron chi connectivity index (χ3n) is 15.1. The highest BCUT2D eigenvalue weighted by Crippen LogP contribution is 2.45. The number of carbonyl (C=O) groups is 4. The molecule has 0 spiro atoms. The first kappa shape index (κ1) is 83.1. The van der Waals surface area contributed by atoms with Gasteiger partial charge in [0.2, 0.25) is 0 Å². The molecule has 0 aromatic rings. The molecule has 0 saturated carbocycles. The quantitative estimate of drug-likeness (QED) is 0.0222. The Kier molecular flexibility index (Phi) is 55.9. The van der Waals surface area contributed by atoms with Crippen molar-refractivity contribution >= 4 is 39.5 Å². The van der Waals surface area contributed by atoms with Crippen molar-refractivity contribution in [3.63, 3.8) is 0 Å². The normalized spacial score (nSPS) is 14.3. The van der Waals surface area contributed by atoms with Gasteiger partial charge in [-0.15, -0.1) is 0 Å². The van der Waals surface area contributed by atoms with Crippen molar-refractivity contribution in [3.05, 3.63) is 0 Å². The summed E-state index contributed by atoms with van der Waals surface area (Å²) in [4.78, 5) is 72.3. The molecule has 85 heavy (non-hydrogen) atoms. The second-order valence-electron chi connectivity index (χ2n) is 25.3. The maximum Gasteiger partial charge on any atom is 0.472 e. The first-order chi connectivity index (χ1) is 40.7. The Balaban J connectivity index is 5.25. The lowest BCUT2D eigenvalue weighted by Crippen LogP contribution is -2.30. The zero-order valence-electron chi connectivity index (χ0n) is 55.1. The molecule has 0 aliphatic heterocycles. The van der Waals surface area contributed by atoms with Crippen molar-refractivity contribution in [1.29, 1.82) is 0 Å². The van der Waals surface area contributed by atoms with Gasteiger partial charge < -0.3 is 33.8 Å². The lowest BCUT2D eigenvalue weighted by molar-refractivity contribution is -0.161. The number of aliphatic hydroxyl groups is 1. The fraction of sp³-hybridized carbons (Fsp3) is 0.939. The van der Waals surface area contributed by atoms with Crippen molar-refractivity contribution in [3.8, 4) is 0 Å². The van der Waals surface area contributed by atoms with E-state index in [0.29, 0.717) is 25.7 Å². The van der Waals surface area contributed by atoms with Gasteiger partial charge in [-0.3, -0.25) is 37.3 Å². The van der Waals surface area contributed by atoms with Crippen molar-refractivity contribution in [2.75, 3.05) is 39.6 Å². The molecule has 0 heterocycles. The summed E-state index contributed by atoms with van der Waals surface area (Å²) in [5.41, 5.74) is 0. The van der Waals surface area contributed by atoms with Crippen molar-refractivity contribution in [2.45, 2.75) is 343 Å². The van der Waals surface area contributed by atoms with Crippen molar-refractivity contribution in [1.82, 2.24) is 0 Å². The molecule has 3 N–H and O–H groups in total. The van der Waals surface area contributed by atoms with Gasteiger partial charge >= 0.3 is 39.5 Å². The summed E-state index contributed by atoms with van der Waals surface area (Å²) in [5, 5.41) is 10.5. The SMILES string of the molecule is CCCCCCCCCCCC(=O)OC[C@H](COP(=O)(O)OC[C@H](O)COP(=O)(O)OC[C@@H](COC(=O)CCCCCCCCCCCC(C)C)OC(=O)CCCCCCCCCCCC(C)C)OC(=O)CCCCCCCCCCCC(C)C. The number of esters is 4. The molecule has 0 saturated heterocycles. The Hall–Kier alpha value is -1.94. The molecule has 19 heteroatoms. The number of hydrogen-bond acceptors (Lipinski definition) is 15. The van der Waals surface area contributed by atoms with E-state index in [1.165, 1.54) is 135 Å². The highest BCUT2D eigenvalue weighted by atomic mass is 31.2. The fourth-order valence-corrected chi connectivity index (χ4v) is 11.4.